The van der Waals surface area contributed by atoms with E-state index in [9.17, 15) is 4.79 Å². The average Bonchev–Trinajstić information content (AvgIpc) is 2.79. The first-order chi connectivity index (χ1) is 9.99. The molecule has 2 aromatic heterocycles. The highest BCUT2D eigenvalue weighted by atomic mass is 16.4. The molecule has 0 aliphatic heterocycles. The highest BCUT2D eigenvalue weighted by Crippen LogP contribution is 2.17. The van der Waals surface area contributed by atoms with Crippen molar-refractivity contribution in [2.75, 3.05) is 7.05 Å². The number of nitrogens with zero attached hydrogens (tertiary/aromatic N) is 2. The minimum absolute atomic E-state index is 0.229. The van der Waals surface area contributed by atoms with Crippen molar-refractivity contribution < 1.29 is 9.21 Å². The number of furan rings is 1. The normalized spacial score (nSPS) is 10.9. The first-order valence-electron chi connectivity index (χ1n) is 6.71. The standard InChI is InChI=1S/C15H20N4O2/c1-10-5-4-6-13(17-10)9-19(3)8-12-7-14(15(20)18-16)21-11(12)2/h4-7H,8-9,16H2,1-3H3,(H,18,20). The van der Waals surface area contributed by atoms with Gasteiger partial charge in [0.15, 0.2) is 5.76 Å². The van der Waals surface area contributed by atoms with Crippen LogP contribution in [0.25, 0.3) is 0 Å². The zero-order chi connectivity index (χ0) is 15.4. The lowest BCUT2D eigenvalue weighted by Crippen LogP contribution is -2.29. The lowest BCUT2D eigenvalue weighted by atomic mass is 10.2. The minimum Gasteiger partial charge on any atom is -0.456 e. The zero-order valence-electron chi connectivity index (χ0n) is 12.5. The van der Waals surface area contributed by atoms with E-state index in [0.29, 0.717) is 6.54 Å². The fourth-order valence-electron chi connectivity index (χ4n) is 2.17. The quantitative estimate of drug-likeness (QED) is 0.495. The third kappa shape index (κ3) is 3.90. The summed E-state index contributed by atoms with van der Waals surface area (Å²) in [6.07, 6.45) is 0. The van der Waals surface area contributed by atoms with Gasteiger partial charge in [0.05, 0.1) is 5.69 Å². The van der Waals surface area contributed by atoms with E-state index in [2.05, 4.69) is 15.3 Å². The van der Waals surface area contributed by atoms with Gasteiger partial charge < -0.3 is 4.42 Å². The molecule has 0 aliphatic carbocycles. The van der Waals surface area contributed by atoms with Crippen molar-refractivity contribution in [2.24, 2.45) is 5.84 Å². The van der Waals surface area contributed by atoms with Crippen LogP contribution in [0.3, 0.4) is 0 Å². The Labute approximate surface area is 123 Å². The fourth-order valence-corrected chi connectivity index (χ4v) is 2.17. The summed E-state index contributed by atoms with van der Waals surface area (Å²) in [4.78, 5) is 18.0. The van der Waals surface area contributed by atoms with Crippen molar-refractivity contribution in [3.63, 3.8) is 0 Å². The summed E-state index contributed by atoms with van der Waals surface area (Å²) in [6, 6.07) is 7.69. The smallest absolute Gasteiger partial charge is 0.300 e. The Morgan fingerprint density at radius 2 is 2.14 bits per heavy atom. The molecule has 2 heterocycles. The molecule has 0 unspecified atom stereocenters. The number of nitrogens with one attached hydrogen (secondary N) is 1. The first kappa shape index (κ1) is 15.2. The van der Waals surface area contributed by atoms with Gasteiger partial charge in [0.1, 0.15) is 5.76 Å². The van der Waals surface area contributed by atoms with Gasteiger partial charge in [-0.2, -0.15) is 0 Å². The first-order valence-corrected chi connectivity index (χ1v) is 6.71. The average molecular weight is 288 g/mol. The number of carbonyl (C=O) groups excluding carboxylic acids is 1. The van der Waals surface area contributed by atoms with Gasteiger partial charge in [-0.1, -0.05) is 6.07 Å². The van der Waals surface area contributed by atoms with Crippen LogP contribution < -0.4 is 11.3 Å². The summed E-state index contributed by atoms with van der Waals surface area (Å²) >= 11 is 0. The van der Waals surface area contributed by atoms with Gasteiger partial charge in [0, 0.05) is 24.3 Å². The van der Waals surface area contributed by atoms with Gasteiger partial charge in [-0.3, -0.25) is 20.1 Å². The molecule has 112 valence electrons. The molecule has 21 heavy (non-hydrogen) atoms. The summed E-state index contributed by atoms with van der Waals surface area (Å²) in [6.45, 7) is 5.20. The summed E-state index contributed by atoms with van der Waals surface area (Å²) < 4.78 is 5.40. The van der Waals surface area contributed by atoms with Crippen LogP contribution in [0.15, 0.2) is 28.7 Å². The van der Waals surface area contributed by atoms with E-state index in [1.165, 1.54) is 0 Å². The predicted octanol–water partition coefficient (Wildman–Crippen LogP) is 1.53. The molecule has 0 saturated heterocycles. The molecule has 0 bridgehead atoms. The monoisotopic (exact) mass is 288 g/mol. The molecule has 0 aromatic carbocycles. The molecule has 6 nitrogen and oxygen atoms in total. The fraction of sp³-hybridized carbons (Fsp3) is 0.333. The molecule has 0 fully saturated rings. The molecule has 6 heteroatoms. The summed E-state index contributed by atoms with van der Waals surface area (Å²) in [5.74, 6) is 5.63. The van der Waals surface area contributed by atoms with E-state index >= 15 is 0 Å². The van der Waals surface area contributed by atoms with E-state index in [4.69, 9.17) is 10.3 Å². The number of carbonyl (C=O) groups is 1. The summed E-state index contributed by atoms with van der Waals surface area (Å²) in [5.41, 5.74) is 5.04. The van der Waals surface area contributed by atoms with Crippen LogP contribution in [-0.4, -0.2) is 22.8 Å². The van der Waals surface area contributed by atoms with Crippen LogP contribution in [0.2, 0.25) is 0 Å². The van der Waals surface area contributed by atoms with Crippen LogP contribution in [0.5, 0.6) is 0 Å². The maximum Gasteiger partial charge on any atom is 0.300 e. The molecule has 0 saturated carbocycles. The zero-order valence-corrected chi connectivity index (χ0v) is 12.5. The van der Waals surface area contributed by atoms with Crippen LogP contribution in [0, 0.1) is 13.8 Å². The molecule has 0 radical (unpaired) electrons. The molecule has 0 atom stereocenters. The van der Waals surface area contributed by atoms with E-state index in [1.807, 2.05) is 39.1 Å². The van der Waals surface area contributed by atoms with Gasteiger partial charge in [-0.25, -0.2) is 5.84 Å². The van der Waals surface area contributed by atoms with E-state index < -0.39 is 5.91 Å². The highest BCUT2D eigenvalue weighted by Gasteiger charge is 2.14. The Morgan fingerprint density at radius 1 is 1.38 bits per heavy atom. The van der Waals surface area contributed by atoms with Crippen LogP contribution in [-0.2, 0) is 13.1 Å². The van der Waals surface area contributed by atoms with Gasteiger partial charge in [-0.05, 0) is 39.1 Å². The second-order valence-corrected chi connectivity index (χ2v) is 5.11. The van der Waals surface area contributed by atoms with Gasteiger partial charge in [-0.15, -0.1) is 0 Å². The van der Waals surface area contributed by atoms with Crippen molar-refractivity contribution >= 4 is 5.91 Å². The molecule has 2 rings (SSSR count). The third-order valence-corrected chi connectivity index (χ3v) is 3.19. The molecule has 3 N–H and O–H groups in total. The van der Waals surface area contributed by atoms with E-state index in [1.54, 1.807) is 6.07 Å². The largest absolute Gasteiger partial charge is 0.456 e. The van der Waals surface area contributed by atoms with Crippen molar-refractivity contribution in [1.29, 1.82) is 0 Å². The van der Waals surface area contributed by atoms with Crippen molar-refractivity contribution in [3.8, 4) is 0 Å². The van der Waals surface area contributed by atoms with Crippen LogP contribution in [0.4, 0.5) is 0 Å². The number of hydrogen-bond acceptors (Lipinski definition) is 5. The Bertz CT molecular complexity index is 636. The number of nitrogen functional groups attached to an aromatic ring is 1. The lowest BCUT2D eigenvalue weighted by molar-refractivity contribution is 0.0924. The number of nitrogens with two attached hydrogens (primary N) is 1. The molecule has 1 amide bonds. The maximum absolute atomic E-state index is 11.4. The Balaban J connectivity index is 2.04. The number of pyridine rings is 1. The van der Waals surface area contributed by atoms with Crippen LogP contribution >= 0.6 is 0 Å². The summed E-state index contributed by atoms with van der Waals surface area (Å²) in [5, 5.41) is 0. The maximum atomic E-state index is 11.4. The Morgan fingerprint density at radius 3 is 2.81 bits per heavy atom. The predicted molar refractivity (Wildman–Crippen MR) is 79.2 cm³/mol. The van der Waals surface area contributed by atoms with Crippen LogP contribution in [0.1, 0.15) is 33.3 Å². The summed E-state index contributed by atoms with van der Waals surface area (Å²) in [7, 11) is 2.00. The number of rotatable bonds is 5. The molecular formula is C15H20N4O2. The number of hydrogen-bond donors (Lipinski definition) is 2. The molecular weight excluding hydrogens is 268 g/mol. The number of hydrazine groups is 1. The Hall–Kier alpha value is -2.18. The molecule has 0 aliphatic rings. The lowest BCUT2D eigenvalue weighted by Gasteiger charge is -2.15. The number of aromatic nitrogens is 1. The molecule has 2 aromatic rings. The molecule has 0 spiro atoms. The second-order valence-electron chi connectivity index (χ2n) is 5.11. The highest BCUT2D eigenvalue weighted by molar-refractivity contribution is 5.91. The van der Waals surface area contributed by atoms with E-state index in [-0.39, 0.29) is 5.76 Å². The van der Waals surface area contributed by atoms with Gasteiger partial charge >= 0.3 is 5.91 Å². The van der Waals surface area contributed by atoms with Gasteiger partial charge in [0.2, 0.25) is 0 Å². The topological polar surface area (TPSA) is 84.4 Å². The van der Waals surface area contributed by atoms with Crippen molar-refractivity contribution in [3.05, 3.63) is 52.7 Å². The van der Waals surface area contributed by atoms with Crippen molar-refractivity contribution in [1.82, 2.24) is 15.3 Å². The second kappa shape index (κ2) is 6.51. The number of amides is 1. The van der Waals surface area contributed by atoms with E-state index in [0.717, 1.165) is 29.3 Å². The number of aryl methyl sites for hydroxylation is 2. The minimum atomic E-state index is -0.424. The van der Waals surface area contributed by atoms with Crippen molar-refractivity contribution in [2.45, 2.75) is 26.9 Å². The SMILES string of the molecule is Cc1cccc(CN(C)Cc2cc(C(=O)NN)oc2C)n1. The van der Waals surface area contributed by atoms with Gasteiger partial charge in [0.25, 0.3) is 0 Å². The third-order valence-electron chi connectivity index (χ3n) is 3.19. The Kier molecular flexibility index (Phi) is 4.72.